The fourth-order valence-corrected chi connectivity index (χ4v) is 3.25. The van der Waals surface area contributed by atoms with Crippen molar-refractivity contribution in [3.05, 3.63) is 23.8 Å². The molecule has 0 saturated carbocycles. The second kappa shape index (κ2) is 9.14. The largest absolute Gasteiger partial charge is 0.325 e. The second-order valence-corrected chi connectivity index (χ2v) is 7.54. The highest BCUT2D eigenvalue weighted by molar-refractivity contribution is 5.99. The van der Waals surface area contributed by atoms with Gasteiger partial charge in [0, 0.05) is 11.4 Å². The van der Waals surface area contributed by atoms with Crippen LogP contribution in [0.5, 0.6) is 0 Å². The molecule has 1 fully saturated rings. The topological polar surface area (TPSA) is 87.5 Å². The molecule has 6 nitrogen and oxygen atoms in total. The van der Waals surface area contributed by atoms with Crippen molar-refractivity contribution in [3.63, 3.8) is 0 Å². The van der Waals surface area contributed by atoms with Crippen LogP contribution in [0, 0.1) is 6.92 Å². The van der Waals surface area contributed by atoms with Crippen LogP contribution in [0.25, 0.3) is 0 Å². The molecule has 0 radical (unpaired) electrons. The number of nitrogens with two attached hydrogens (primary N) is 1. The molecule has 6 heteroatoms. The van der Waals surface area contributed by atoms with Gasteiger partial charge < -0.3 is 16.4 Å². The van der Waals surface area contributed by atoms with E-state index in [0.717, 1.165) is 43.6 Å². The summed E-state index contributed by atoms with van der Waals surface area (Å²) in [5.74, 6) is -0.234. The smallest absolute Gasteiger partial charge is 0.244 e. The van der Waals surface area contributed by atoms with E-state index in [1.807, 2.05) is 26.0 Å². The minimum absolute atomic E-state index is 0.0203. The molecule has 1 saturated heterocycles. The first-order valence-corrected chi connectivity index (χ1v) is 9.55. The lowest BCUT2D eigenvalue weighted by Gasteiger charge is -2.26. The maximum atomic E-state index is 12.4. The summed E-state index contributed by atoms with van der Waals surface area (Å²) in [6.45, 7) is 8.05. The molecule has 1 atom stereocenters. The third-order valence-corrected chi connectivity index (χ3v) is 4.87. The predicted molar refractivity (Wildman–Crippen MR) is 106 cm³/mol. The summed E-state index contributed by atoms with van der Waals surface area (Å²) in [7, 11) is 0. The minimum atomic E-state index is -0.905. The van der Waals surface area contributed by atoms with Crippen molar-refractivity contribution in [2.45, 2.75) is 58.4 Å². The number of nitrogens with one attached hydrogen (secondary N) is 2. The van der Waals surface area contributed by atoms with Gasteiger partial charge in [-0.2, -0.15) is 0 Å². The van der Waals surface area contributed by atoms with E-state index < -0.39 is 5.54 Å². The van der Waals surface area contributed by atoms with Gasteiger partial charge in [-0.25, -0.2) is 0 Å². The number of rotatable bonds is 7. The minimum Gasteiger partial charge on any atom is -0.325 e. The Bertz CT molecular complexity index is 637. The van der Waals surface area contributed by atoms with Crippen molar-refractivity contribution in [3.8, 4) is 0 Å². The lowest BCUT2D eigenvalue weighted by molar-refractivity contribution is -0.121. The normalized spacial score (nSPS) is 17.4. The molecule has 1 unspecified atom stereocenters. The van der Waals surface area contributed by atoms with Gasteiger partial charge in [0.2, 0.25) is 11.8 Å². The van der Waals surface area contributed by atoms with Crippen LogP contribution in [0.2, 0.25) is 0 Å². The van der Waals surface area contributed by atoms with Crippen LogP contribution in [0.15, 0.2) is 18.2 Å². The predicted octanol–water partition coefficient (Wildman–Crippen LogP) is 2.88. The molecule has 0 spiro atoms. The Morgan fingerprint density at radius 2 is 1.88 bits per heavy atom. The summed E-state index contributed by atoms with van der Waals surface area (Å²) >= 11 is 0. The van der Waals surface area contributed by atoms with Crippen molar-refractivity contribution in [1.82, 2.24) is 4.90 Å². The summed E-state index contributed by atoms with van der Waals surface area (Å²) in [5.41, 5.74) is 7.50. The first kappa shape index (κ1) is 20.4. The Hall–Kier alpha value is -1.92. The molecule has 0 aromatic heterocycles. The number of likely N-dealkylation sites (tertiary alicyclic amines) is 1. The maximum Gasteiger partial charge on any atom is 0.244 e. The monoisotopic (exact) mass is 360 g/mol. The average Bonchev–Trinajstić information content (AvgIpc) is 2.58. The third kappa shape index (κ3) is 5.81. The van der Waals surface area contributed by atoms with Gasteiger partial charge in [0.1, 0.15) is 0 Å². The molecule has 0 bridgehead atoms. The fourth-order valence-electron chi connectivity index (χ4n) is 3.25. The van der Waals surface area contributed by atoms with Gasteiger partial charge in [-0.05, 0) is 63.9 Å². The molecule has 1 aliphatic rings. The summed E-state index contributed by atoms with van der Waals surface area (Å²) in [5, 5.41) is 5.84. The number of anilines is 2. The molecule has 144 valence electrons. The Balaban J connectivity index is 2.00. The van der Waals surface area contributed by atoms with Gasteiger partial charge in [0.25, 0.3) is 0 Å². The van der Waals surface area contributed by atoms with E-state index in [4.69, 9.17) is 5.73 Å². The maximum absolute atomic E-state index is 12.4. The van der Waals surface area contributed by atoms with Crippen molar-refractivity contribution < 1.29 is 9.59 Å². The number of benzene rings is 1. The van der Waals surface area contributed by atoms with Crippen LogP contribution in [0.1, 0.15) is 51.5 Å². The highest BCUT2D eigenvalue weighted by atomic mass is 16.2. The molecule has 4 N–H and O–H groups in total. The van der Waals surface area contributed by atoms with Crippen molar-refractivity contribution in [2.75, 3.05) is 30.3 Å². The van der Waals surface area contributed by atoms with E-state index >= 15 is 0 Å². The van der Waals surface area contributed by atoms with Crippen LogP contribution < -0.4 is 16.4 Å². The van der Waals surface area contributed by atoms with Crippen molar-refractivity contribution >= 4 is 23.2 Å². The van der Waals surface area contributed by atoms with Crippen molar-refractivity contribution in [1.29, 1.82) is 0 Å². The molecule has 26 heavy (non-hydrogen) atoms. The van der Waals surface area contributed by atoms with E-state index in [-0.39, 0.29) is 11.8 Å². The lowest BCUT2D eigenvalue weighted by Crippen LogP contribution is -2.48. The van der Waals surface area contributed by atoms with Gasteiger partial charge >= 0.3 is 0 Å². The summed E-state index contributed by atoms with van der Waals surface area (Å²) < 4.78 is 0. The SMILES string of the molecule is CCCC(C)(N)C(=O)Nc1ccc(C)c(NC(=O)CN2CCCCC2)c1. The Kier molecular flexibility index (Phi) is 7.17. The summed E-state index contributed by atoms with van der Waals surface area (Å²) in [6, 6.07) is 5.51. The fraction of sp³-hybridized carbons (Fsp3) is 0.600. The van der Waals surface area contributed by atoms with Crippen LogP contribution in [0.4, 0.5) is 11.4 Å². The zero-order chi connectivity index (χ0) is 19.2. The van der Waals surface area contributed by atoms with Crippen LogP contribution in [-0.2, 0) is 9.59 Å². The number of hydrogen-bond donors (Lipinski definition) is 3. The van der Waals surface area contributed by atoms with Crippen LogP contribution >= 0.6 is 0 Å². The quantitative estimate of drug-likeness (QED) is 0.698. The first-order valence-electron chi connectivity index (χ1n) is 9.55. The van der Waals surface area contributed by atoms with Gasteiger partial charge in [-0.15, -0.1) is 0 Å². The molecule has 0 aliphatic carbocycles. The van der Waals surface area contributed by atoms with E-state index in [1.165, 1.54) is 6.42 Å². The van der Waals surface area contributed by atoms with E-state index in [0.29, 0.717) is 18.7 Å². The third-order valence-electron chi connectivity index (χ3n) is 4.87. The molecule has 2 amide bonds. The van der Waals surface area contributed by atoms with E-state index in [2.05, 4.69) is 15.5 Å². The Morgan fingerprint density at radius 1 is 1.19 bits per heavy atom. The number of amides is 2. The van der Waals surface area contributed by atoms with Gasteiger partial charge in [-0.1, -0.05) is 25.8 Å². The van der Waals surface area contributed by atoms with Crippen LogP contribution in [0.3, 0.4) is 0 Å². The number of carbonyl (C=O) groups excluding carboxylic acids is 2. The zero-order valence-corrected chi connectivity index (χ0v) is 16.2. The second-order valence-electron chi connectivity index (χ2n) is 7.54. The molecule has 1 aliphatic heterocycles. The summed E-state index contributed by atoms with van der Waals surface area (Å²) in [4.78, 5) is 26.9. The number of nitrogens with zero attached hydrogens (tertiary/aromatic N) is 1. The molecular weight excluding hydrogens is 328 g/mol. The molecule has 1 aromatic carbocycles. The molecule has 1 aromatic rings. The van der Waals surface area contributed by atoms with E-state index in [9.17, 15) is 9.59 Å². The molecule has 2 rings (SSSR count). The molecule has 1 heterocycles. The summed E-state index contributed by atoms with van der Waals surface area (Å²) in [6.07, 6.45) is 5.01. The standard InChI is InChI=1S/C20H32N4O2/c1-4-10-20(3,21)19(26)22-16-9-8-15(2)17(13-16)23-18(25)14-24-11-6-5-7-12-24/h8-9,13H,4-7,10-12,14,21H2,1-3H3,(H,22,26)(H,23,25). The molecular formula is C20H32N4O2. The van der Waals surface area contributed by atoms with Gasteiger partial charge in [-0.3, -0.25) is 14.5 Å². The van der Waals surface area contributed by atoms with E-state index in [1.54, 1.807) is 13.0 Å². The highest BCUT2D eigenvalue weighted by Gasteiger charge is 2.27. The number of carbonyl (C=O) groups is 2. The number of aryl methyl sites for hydroxylation is 1. The van der Waals surface area contributed by atoms with Crippen LogP contribution in [-0.4, -0.2) is 41.9 Å². The Labute approximate surface area is 156 Å². The lowest BCUT2D eigenvalue weighted by atomic mass is 9.96. The van der Waals surface area contributed by atoms with Gasteiger partial charge in [0.15, 0.2) is 0 Å². The number of hydrogen-bond acceptors (Lipinski definition) is 4. The highest BCUT2D eigenvalue weighted by Crippen LogP contribution is 2.22. The number of piperidine rings is 1. The zero-order valence-electron chi connectivity index (χ0n) is 16.2. The van der Waals surface area contributed by atoms with Crippen molar-refractivity contribution in [2.24, 2.45) is 5.73 Å². The van der Waals surface area contributed by atoms with Gasteiger partial charge in [0.05, 0.1) is 12.1 Å². The average molecular weight is 361 g/mol. The Morgan fingerprint density at radius 3 is 2.54 bits per heavy atom. The first-order chi connectivity index (χ1) is 12.3.